The monoisotopic (exact) mass is 258 g/mol. The number of hydrogen-bond acceptors (Lipinski definition) is 3. The molecule has 0 radical (unpaired) electrons. The van der Waals surface area contributed by atoms with E-state index in [0.29, 0.717) is 0 Å². The number of furan rings is 1. The van der Waals surface area contributed by atoms with Crippen molar-refractivity contribution in [2.75, 3.05) is 0 Å². The Morgan fingerprint density at radius 1 is 1.46 bits per heavy atom. The van der Waals surface area contributed by atoms with Crippen molar-refractivity contribution in [1.29, 1.82) is 0 Å². The molecule has 0 aliphatic carbocycles. The summed E-state index contributed by atoms with van der Waals surface area (Å²) >= 11 is 4.93. The lowest BCUT2D eigenvalue weighted by molar-refractivity contribution is 0.219. The maximum atomic E-state index is 9.87. The van der Waals surface area contributed by atoms with E-state index in [4.69, 9.17) is 4.42 Å². The first kappa shape index (κ1) is 8.99. The summed E-state index contributed by atoms with van der Waals surface area (Å²) in [5, 5.41) is 13.7. The average molecular weight is 259 g/mol. The molecular weight excluding hydrogens is 252 g/mol. The molecule has 0 aromatic carbocycles. The van der Waals surface area contributed by atoms with Gasteiger partial charge in [0.25, 0.3) is 0 Å². The van der Waals surface area contributed by atoms with Crippen LogP contribution in [0.3, 0.4) is 0 Å². The highest BCUT2D eigenvalue weighted by molar-refractivity contribution is 9.10. The van der Waals surface area contributed by atoms with Crippen molar-refractivity contribution in [2.24, 2.45) is 0 Å². The number of aliphatic hydroxyl groups excluding tert-OH is 1. The van der Waals surface area contributed by atoms with Gasteiger partial charge in [-0.15, -0.1) is 0 Å². The zero-order valence-electron chi connectivity index (χ0n) is 6.61. The normalized spacial score (nSPS) is 13.1. The van der Waals surface area contributed by atoms with Gasteiger partial charge in [0, 0.05) is 21.0 Å². The van der Waals surface area contributed by atoms with Gasteiger partial charge in [-0.1, -0.05) is 0 Å². The molecule has 0 amide bonds. The molecule has 0 saturated carbocycles. The summed E-state index contributed by atoms with van der Waals surface area (Å²) in [7, 11) is 0. The Bertz CT molecular complexity index is 380. The molecule has 0 bridgehead atoms. The maximum absolute atomic E-state index is 9.87. The smallest absolute Gasteiger partial charge is 0.109 e. The van der Waals surface area contributed by atoms with E-state index < -0.39 is 6.10 Å². The first-order valence-electron chi connectivity index (χ1n) is 3.71. The van der Waals surface area contributed by atoms with Gasteiger partial charge in [-0.3, -0.25) is 0 Å². The molecule has 0 spiro atoms. The van der Waals surface area contributed by atoms with E-state index >= 15 is 0 Å². The Morgan fingerprint density at radius 3 is 2.85 bits per heavy atom. The molecule has 1 unspecified atom stereocenters. The van der Waals surface area contributed by atoms with Crippen LogP contribution in [0.2, 0.25) is 0 Å². The van der Waals surface area contributed by atoms with E-state index in [-0.39, 0.29) is 0 Å². The Balaban J connectivity index is 2.33. The van der Waals surface area contributed by atoms with Crippen LogP contribution < -0.4 is 0 Å². The molecule has 2 rings (SSSR count). The van der Waals surface area contributed by atoms with Gasteiger partial charge in [0.1, 0.15) is 6.10 Å². The highest BCUT2D eigenvalue weighted by Gasteiger charge is 2.14. The standard InChI is InChI=1S/C9H7BrO2S/c10-8-5-13-4-7(8)9(11)6-1-2-12-3-6/h1-5,9,11H. The molecule has 1 atom stereocenters. The summed E-state index contributed by atoms with van der Waals surface area (Å²) in [6.45, 7) is 0. The Morgan fingerprint density at radius 2 is 2.31 bits per heavy atom. The summed E-state index contributed by atoms with van der Waals surface area (Å²) < 4.78 is 5.84. The highest BCUT2D eigenvalue weighted by Crippen LogP contribution is 2.31. The van der Waals surface area contributed by atoms with Gasteiger partial charge in [-0.2, -0.15) is 11.3 Å². The summed E-state index contributed by atoms with van der Waals surface area (Å²) in [5.74, 6) is 0. The zero-order chi connectivity index (χ0) is 9.26. The highest BCUT2D eigenvalue weighted by atomic mass is 79.9. The molecule has 0 aliphatic rings. The minimum absolute atomic E-state index is 0.598. The number of thiophene rings is 1. The maximum Gasteiger partial charge on any atom is 0.109 e. The summed E-state index contributed by atoms with van der Waals surface area (Å²) in [4.78, 5) is 0. The lowest BCUT2D eigenvalue weighted by Gasteiger charge is -2.06. The zero-order valence-corrected chi connectivity index (χ0v) is 9.01. The lowest BCUT2D eigenvalue weighted by atomic mass is 10.1. The van der Waals surface area contributed by atoms with Gasteiger partial charge >= 0.3 is 0 Å². The Kier molecular flexibility index (Phi) is 2.53. The van der Waals surface area contributed by atoms with Crippen LogP contribution in [0.25, 0.3) is 0 Å². The third-order valence-corrected chi connectivity index (χ3v) is 3.55. The van der Waals surface area contributed by atoms with Crippen LogP contribution >= 0.6 is 27.3 Å². The summed E-state index contributed by atoms with van der Waals surface area (Å²) in [6.07, 6.45) is 2.51. The Hall–Kier alpha value is -0.580. The average Bonchev–Trinajstić information content (AvgIpc) is 2.72. The van der Waals surface area contributed by atoms with Gasteiger partial charge in [-0.25, -0.2) is 0 Å². The molecule has 2 nitrogen and oxygen atoms in total. The van der Waals surface area contributed by atoms with Crippen LogP contribution in [0.5, 0.6) is 0 Å². The third kappa shape index (κ3) is 1.70. The van der Waals surface area contributed by atoms with Crippen LogP contribution in [-0.2, 0) is 0 Å². The van der Waals surface area contributed by atoms with Gasteiger partial charge in [0.05, 0.1) is 12.5 Å². The van der Waals surface area contributed by atoms with Crippen LogP contribution in [0.1, 0.15) is 17.2 Å². The van der Waals surface area contributed by atoms with Gasteiger partial charge in [0.15, 0.2) is 0 Å². The summed E-state index contributed by atoms with van der Waals surface area (Å²) in [6, 6.07) is 1.76. The second-order valence-electron chi connectivity index (χ2n) is 2.63. The Labute approximate surface area is 87.9 Å². The summed E-state index contributed by atoms with van der Waals surface area (Å²) in [5.41, 5.74) is 1.66. The topological polar surface area (TPSA) is 33.4 Å². The number of rotatable bonds is 2. The molecule has 4 heteroatoms. The predicted octanol–water partition coefficient (Wildman–Crippen LogP) is 3.19. The molecule has 0 saturated heterocycles. The lowest BCUT2D eigenvalue weighted by Crippen LogP contribution is -1.96. The molecule has 0 fully saturated rings. The fraction of sp³-hybridized carbons (Fsp3) is 0.111. The van der Waals surface area contributed by atoms with Crippen molar-refractivity contribution in [3.8, 4) is 0 Å². The van der Waals surface area contributed by atoms with Crippen molar-refractivity contribution in [2.45, 2.75) is 6.10 Å². The SMILES string of the molecule is OC(c1ccoc1)c1cscc1Br. The van der Waals surface area contributed by atoms with Crippen molar-refractivity contribution in [3.63, 3.8) is 0 Å². The first-order chi connectivity index (χ1) is 6.29. The van der Waals surface area contributed by atoms with Gasteiger partial charge in [-0.05, 0) is 27.4 Å². The first-order valence-corrected chi connectivity index (χ1v) is 5.44. The van der Waals surface area contributed by atoms with Crippen LogP contribution in [0, 0.1) is 0 Å². The van der Waals surface area contributed by atoms with Crippen molar-refractivity contribution < 1.29 is 9.52 Å². The molecule has 2 heterocycles. The van der Waals surface area contributed by atoms with E-state index in [0.717, 1.165) is 15.6 Å². The van der Waals surface area contributed by atoms with Crippen molar-refractivity contribution in [3.05, 3.63) is 45.0 Å². The quantitative estimate of drug-likeness (QED) is 0.898. The minimum Gasteiger partial charge on any atom is -0.472 e. The molecule has 2 aromatic rings. The fourth-order valence-electron chi connectivity index (χ4n) is 1.10. The molecule has 1 N–H and O–H groups in total. The van der Waals surface area contributed by atoms with E-state index in [2.05, 4.69) is 15.9 Å². The molecule has 2 aromatic heterocycles. The fourth-order valence-corrected chi connectivity index (χ4v) is 2.63. The number of halogens is 1. The van der Waals surface area contributed by atoms with Crippen LogP contribution in [0.15, 0.2) is 38.2 Å². The number of aliphatic hydroxyl groups is 1. The number of hydrogen-bond donors (Lipinski definition) is 1. The van der Waals surface area contributed by atoms with Crippen LogP contribution in [0.4, 0.5) is 0 Å². The second kappa shape index (κ2) is 3.65. The van der Waals surface area contributed by atoms with Crippen LogP contribution in [-0.4, -0.2) is 5.11 Å². The van der Waals surface area contributed by atoms with Crippen molar-refractivity contribution >= 4 is 27.3 Å². The minimum atomic E-state index is -0.598. The largest absolute Gasteiger partial charge is 0.472 e. The molecule has 0 aliphatic heterocycles. The van der Waals surface area contributed by atoms with E-state index in [1.165, 1.54) is 0 Å². The van der Waals surface area contributed by atoms with Gasteiger partial charge < -0.3 is 9.52 Å². The molecule has 13 heavy (non-hydrogen) atoms. The molecule has 68 valence electrons. The predicted molar refractivity (Wildman–Crippen MR) is 54.8 cm³/mol. The second-order valence-corrected chi connectivity index (χ2v) is 4.23. The van der Waals surface area contributed by atoms with E-state index in [9.17, 15) is 5.11 Å². The van der Waals surface area contributed by atoms with E-state index in [1.54, 1.807) is 29.9 Å². The van der Waals surface area contributed by atoms with Crippen molar-refractivity contribution in [1.82, 2.24) is 0 Å². The molecular formula is C9H7BrO2S. The van der Waals surface area contributed by atoms with E-state index in [1.807, 2.05) is 10.8 Å². The third-order valence-electron chi connectivity index (χ3n) is 1.80. The van der Waals surface area contributed by atoms with Gasteiger partial charge in [0.2, 0.25) is 0 Å².